The van der Waals surface area contributed by atoms with Gasteiger partial charge in [-0.25, -0.2) is 23.4 Å². The van der Waals surface area contributed by atoms with E-state index < -0.39 is 55.1 Å². The summed E-state index contributed by atoms with van der Waals surface area (Å²) in [6, 6.07) is 26.5. The van der Waals surface area contributed by atoms with Crippen LogP contribution in [0.2, 0.25) is 0 Å². The number of alkyl carbamates (subject to hydrolysis) is 2. The summed E-state index contributed by atoms with van der Waals surface area (Å²) in [6.07, 6.45) is 3.29. The predicted octanol–water partition coefficient (Wildman–Crippen LogP) is 8.46. The summed E-state index contributed by atoms with van der Waals surface area (Å²) >= 11 is 0. The molecule has 13 nitrogen and oxygen atoms in total. The number of carbonyl (C=O) groups is 4. The Morgan fingerprint density at radius 3 is 2.14 bits per heavy atom. The Labute approximate surface area is 363 Å². The number of hydrogen-bond donors (Lipinski definition) is 3. The van der Waals surface area contributed by atoms with Gasteiger partial charge in [0.2, 0.25) is 5.91 Å². The van der Waals surface area contributed by atoms with Gasteiger partial charge in [0.15, 0.2) is 0 Å². The Balaban J connectivity index is 0.929. The van der Waals surface area contributed by atoms with Gasteiger partial charge in [-0.15, -0.1) is 0 Å². The average molecular weight is 858 g/mol. The molecule has 0 saturated carbocycles. The minimum Gasteiger partial charge on any atom is -0.453 e. The molecule has 326 valence electrons. The van der Waals surface area contributed by atoms with Crippen LogP contribution in [0.1, 0.15) is 68.6 Å². The molecule has 3 aliphatic rings. The molecule has 15 heteroatoms. The summed E-state index contributed by atoms with van der Waals surface area (Å²) in [7, 11) is 2.45. The smallest absolute Gasteiger partial charge is 0.407 e. The lowest BCUT2D eigenvalue weighted by Gasteiger charge is -2.30. The number of halogens is 2. The molecule has 0 aliphatic carbocycles. The number of amides is 4. The lowest BCUT2D eigenvalue weighted by Crippen LogP contribution is -2.54. The minimum atomic E-state index is -3.09. The number of fused-ring (bicyclic) bond motifs is 1. The Kier molecular flexibility index (Phi) is 12.1. The molecule has 1 aromatic heterocycles. The molecule has 63 heavy (non-hydrogen) atoms. The van der Waals surface area contributed by atoms with E-state index in [9.17, 15) is 28.0 Å². The fourth-order valence-electron chi connectivity index (χ4n) is 8.76. The fraction of sp³-hybridized carbons (Fsp3) is 0.333. The number of ether oxygens (including phenoxy) is 2. The van der Waals surface area contributed by atoms with Crippen LogP contribution in [0.25, 0.3) is 38.7 Å². The van der Waals surface area contributed by atoms with E-state index in [-0.39, 0.29) is 17.9 Å². The van der Waals surface area contributed by atoms with Gasteiger partial charge in [-0.1, -0.05) is 92.7 Å². The van der Waals surface area contributed by atoms with Crippen LogP contribution in [0, 0.1) is 5.92 Å². The molecular formula is C48H49F2N7O6. The van der Waals surface area contributed by atoms with Gasteiger partial charge < -0.3 is 34.9 Å². The molecule has 4 amide bonds. The van der Waals surface area contributed by atoms with Crippen molar-refractivity contribution >= 4 is 46.1 Å². The van der Waals surface area contributed by atoms with E-state index in [0.717, 1.165) is 62.0 Å². The van der Waals surface area contributed by atoms with Crippen LogP contribution >= 0.6 is 0 Å². The van der Waals surface area contributed by atoms with Crippen LogP contribution in [0.3, 0.4) is 0 Å². The first-order valence-corrected chi connectivity index (χ1v) is 21.0. The Morgan fingerprint density at radius 1 is 0.794 bits per heavy atom. The second-order valence-electron chi connectivity index (χ2n) is 16.6. The molecule has 4 heterocycles. The monoisotopic (exact) mass is 857 g/mol. The lowest BCUT2D eigenvalue weighted by molar-refractivity contribution is -0.136. The van der Waals surface area contributed by atoms with Gasteiger partial charge in [0, 0.05) is 36.9 Å². The molecule has 8 rings (SSSR count). The number of alkyl halides is 2. The molecular weight excluding hydrogens is 809 g/mol. The van der Waals surface area contributed by atoms with Crippen molar-refractivity contribution in [2.45, 2.75) is 69.6 Å². The molecule has 2 saturated heterocycles. The van der Waals surface area contributed by atoms with Crippen molar-refractivity contribution in [3.8, 4) is 22.4 Å². The second kappa shape index (κ2) is 17.8. The van der Waals surface area contributed by atoms with Gasteiger partial charge in [0.25, 0.3) is 11.8 Å². The normalized spacial score (nSPS) is 19.1. The number of nitrogens with one attached hydrogen (secondary N) is 3. The standard InChI is InChI=1S/C48H49F2N7O6/c1-28(2)41(54-46(60)62-3)44(58)57-27-48(49,50)24-40(57)37-23-36(25-51-37)30-14-12-29(13-15-30)32-16-17-34-22-35(19-18-33(34)21-32)38-26-52-43(53-38)39-11-8-20-56(39)45(59)42(55-47(61)63-4)31-9-6-5-7-10-31/h5-7,9-10,12-19,21-22,25-26,28,39-42H,8,11,20,23-24,27H2,1-4H3,(H,52,53)(H,54,60)(H,55,61)/t39-,40-,41-,42+/m0/s1. The Morgan fingerprint density at radius 2 is 1.44 bits per heavy atom. The van der Waals surface area contributed by atoms with Crippen molar-refractivity contribution in [3.05, 3.63) is 120 Å². The van der Waals surface area contributed by atoms with E-state index in [1.54, 1.807) is 43.3 Å². The van der Waals surface area contributed by atoms with Crippen LogP contribution in [0.4, 0.5) is 18.4 Å². The number of rotatable bonds is 11. The number of carbonyl (C=O) groups excluding carboxylic acids is 4. The molecule has 3 aliphatic heterocycles. The van der Waals surface area contributed by atoms with Crippen molar-refractivity contribution in [1.82, 2.24) is 30.4 Å². The quantitative estimate of drug-likeness (QED) is 0.120. The van der Waals surface area contributed by atoms with Crippen molar-refractivity contribution < 1.29 is 37.4 Å². The van der Waals surface area contributed by atoms with Gasteiger partial charge in [0.1, 0.15) is 17.9 Å². The fourth-order valence-corrected chi connectivity index (χ4v) is 8.76. The molecule has 2 fully saturated rings. The maximum absolute atomic E-state index is 14.9. The summed E-state index contributed by atoms with van der Waals surface area (Å²) in [5.74, 6) is -3.59. The zero-order chi connectivity index (χ0) is 44.4. The summed E-state index contributed by atoms with van der Waals surface area (Å²) in [5, 5.41) is 7.29. The minimum absolute atomic E-state index is 0.231. The number of nitrogens with zero attached hydrogens (tertiary/aromatic N) is 4. The van der Waals surface area contributed by atoms with Gasteiger partial charge in [0.05, 0.1) is 44.7 Å². The second-order valence-corrected chi connectivity index (χ2v) is 16.6. The largest absolute Gasteiger partial charge is 0.453 e. The highest BCUT2D eigenvalue weighted by Gasteiger charge is 2.51. The molecule has 4 atom stereocenters. The zero-order valence-electron chi connectivity index (χ0n) is 35.4. The summed E-state index contributed by atoms with van der Waals surface area (Å²) in [5.41, 5.74) is 6.70. The zero-order valence-corrected chi connectivity index (χ0v) is 35.4. The lowest BCUT2D eigenvalue weighted by atomic mass is 9.95. The van der Waals surface area contributed by atoms with Crippen molar-refractivity contribution in [2.24, 2.45) is 10.9 Å². The van der Waals surface area contributed by atoms with Gasteiger partial charge >= 0.3 is 12.2 Å². The highest BCUT2D eigenvalue weighted by atomic mass is 19.3. The number of likely N-dealkylation sites (tertiary alicyclic amines) is 2. The van der Waals surface area contributed by atoms with Crippen molar-refractivity contribution in [1.29, 1.82) is 0 Å². The van der Waals surface area contributed by atoms with Crippen molar-refractivity contribution in [3.63, 3.8) is 0 Å². The molecule has 0 bridgehead atoms. The highest BCUT2D eigenvalue weighted by Crippen LogP contribution is 2.39. The van der Waals surface area contributed by atoms with Gasteiger partial charge in [-0.05, 0) is 69.5 Å². The van der Waals surface area contributed by atoms with Crippen LogP contribution in [0.15, 0.2) is 108 Å². The number of H-pyrrole nitrogens is 1. The summed E-state index contributed by atoms with van der Waals surface area (Å²) in [6.45, 7) is 3.26. The van der Waals surface area contributed by atoms with E-state index >= 15 is 0 Å². The van der Waals surface area contributed by atoms with Gasteiger partial charge in [-0.2, -0.15) is 0 Å². The van der Waals surface area contributed by atoms with Crippen LogP contribution < -0.4 is 10.6 Å². The SMILES string of the molecule is COC(=O)N[C@H](C(=O)N1CC(F)(F)C[C@H]1C1=NC=C(c2ccc(-c3ccc4cc(-c5cnc([C@@H]6CCCN6C(=O)[C@H](NC(=O)OC)c6ccccc6)[nH]5)ccc4c3)cc2)C1)C(C)C. The number of methoxy groups -OCH3 is 2. The number of allylic oxidation sites excluding steroid dienone is 1. The Bertz CT molecular complexity index is 2590. The number of hydrogen-bond acceptors (Lipinski definition) is 8. The third kappa shape index (κ3) is 9.04. The van der Waals surface area contributed by atoms with Gasteiger partial charge in [-0.3, -0.25) is 14.6 Å². The highest BCUT2D eigenvalue weighted by molar-refractivity contribution is 6.04. The first-order chi connectivity index (χ1) is 30.3. The molecule has 5 aromatic rings. The van der Waals surface area contributed by atoms with E-state index in [4.69, 9.17) is 9.72 Å². The molecule has 0 unspecified atom stereocenters. The average Bonchev–Trinajstić information content (AvgIpc) is 4.13. The van der Waals surface area contributed by atoms with Crippen molar-refractivity contribution in [2.75, 3.05) is 27.3 Å². The van der Waals surface area contributed by atoms with Crippen LogP contribution in [0.5, 0.6) is 0 Å². The number of benzene rings is 4. The van der Waals surface area contributed by atoms with E-state index in [2.05, 4.69) is 55.7 Å². The molecule has 0 radical (unpaired) electrons. The molecule has 0 spiro atoms. The molecule has 4 aromatic carbocycles. The number of imidazole rings is 1. The maximum Gasteiger partial charge on any atom is 0.407 e. The van der Waals surface area contributed by atoms with Crippen LogP contribution in [-0.4, -0.2) is 94.8 Å². The van der Waals surface area contributed by atoms with E-state index in [1.807, 2.05) is 48.5 Å². The summed E-state index contributed by atoms with van der Waals surface area (Å²) < 4.78 is 39.2. The van der Waals surface area contributed by atoms with Crippen LogP contribution in [-0.2, 0) is 19.1 Å². The maximum atomic E-state index is 14.9. The third-order valence-corrected chi connectivity index (χ3v) is 12.1. The topological polar surface area (TPSA) is 158 Å². The first-order valence-electron chi connectivity index (χ1n) is 21.0. The number of aromatic amines is 1. The molecule has 3 N–H and O–H groups in total. The number of aliphatic imine (C=N–C) groups is 1. The summed E-state index contributed by atoms with van der Waals surface area (Å²) in [4.78, 5) is 67.3. The first kappa shape index (κ1) is 42.8. The van der Waals surface area contributed by atoms with E-state index in [1.165, 1.54) is 14.2 Å². The Hall–Kier alpha value is -6.90. The predicted molar refractivity (Wildman–Crippen MR) is 235 cm³/mol. The third-order valence-electron chi connectivity index (χ3n) is 12.1. The number of aromatic nitrogens is 2. The van der Waals surface area contributed by atoms with E-state index in [0.29, 0.717) is 30.1 Å².